The first-order chi connectivity index (χ1) is 15.4. The minimum Gasteiger partial charge on any atom is -0.309 e. The van der Waals surface area contributed by atoms with Crippen LogP contribution in [-0.2, 0) is 0 Å². The number of rotatable bonds is 3. The van der Waals surface area contributed by atoms with E-state index < -0.39 is 0 Å². The van der Waals surface area contributed by atoms with E-state index in [4.69, 9.17) is 0 Å². The van der Waals surface area contributed by atoms with E-state index in [9.17, 15) is 0 Å². The zero-order valence-electron chi connectivity index (χ0n) is 17.1. The number of benzene rings is 5. The average molecular weight is 396 g/mol. The molecule has 1 heteroatoms. The molecule has 0 saturated carbocycles. The molecule has 0 saturated heterocycles. The highest BCUT2D eigenvalue weighted by atomic mass is 15.0. The first kappa shape index (κ1) is 17.7. The highest BCUT2D eigenvalue weighted by Crippen LogP contribution is 2.34. The molecule has 0 radical (unpaired) electrons. The van der Waals surface area contributed by atoms with E-state index in [1.807, 2.05) is 0 Å². The van der Waals surface area contributed by atoms with E-state index in [0.29, 0.717) is 0 Å². The van der Waals surface area contributed by atoms with Gasteiger partial charge in [0, 0.05) is 5.69 Å². The molecule has 1 nitrogen and oxygen atoms in total. The average Bonchev–Trinajstić information content (AvgIpc) is 3.29. The minimum atomic E-state index is 1.17. The lowest BCUT2D eigenvalue weighted by Gasteiger charge is -2.15. The number of fused-ring (bicyclic) bond motifs is 2. The van der Waals surface area contributed by atoms with E-state index in [-0.39, 0.29) is 0 Å². The molecule has 0 aliphatic heterocycles. The molecule has 0 unspecified atom stereocenters. The van der Waals surface area contributed by atoms with Gasteiger partial charge in [-0.1, -0.05) is 91.0 Å². The predicted molar refractivity (Wildman–Crippen MR) is 132 cm³/mol. The van der Waals surface area contributed by atoms with Crippen LogP contribution in [0.3, 0.4) is 0 Å². The van der Waals surface area contributed by atoms with E-state index >= 15 is 0 Å². The van der Waals surface area contributed by atoms with Crippen molar-refractivity contribution in [3.05, 3.63) is 127 Å². The van der Waals surface area contributed by atoms with Crippen molar-refractivity contribution in [2.75, 3.05) is 0 Å². The molecule has 0 aliphatic carbocycles. The van der Waals surface area contributed by atoms with Gasteiger partial charge in [0.15, 0.2) is 0 Å². The van der Waals surface area contributed by atoms with Gasteiger partial charge in [-0.2, -0.15) is 0 Å². The third-order valence-electron chi connectivity index (χ3n) is 5.99. The number of nitrogens with zero attached hydrogens (tertiary/aromatic N) is 1. The lowest BCUT2D eigenvalue weighted by molar-refractivity contribution is 1.10. The maximum atomic E-state index is 2.37. The van der Waals surface area contributed by atoms with Crippen molar-refractivity contribution in [2.45, 2.75) is 0 Å². The van der Waals surface area contributed by atoms with E-state index in [0.717, 1.165) is 0 Å². The Hall–Kier alpha value is -4.10. The second kappa shape index (κ2) is 7.30. The summed E-state index contributed by atoms with van der Waals surface area (Å²) in [7, 11) is 0. The smallest absolute Gasteiger partial charge is 0.0535 e. The second-order valence-corrected chi connectivity index (χ2v) is 7.90. The quantitative estimate of drug-likeness (QED) is 0.285. The lowest BCUT2D eigenvalue weighted by atomic mass is 10.0. The largest absolute Gasteiger partial charge is 0.309 e. The van der Waals surface area contributed by atoms with Crippen molar-refractivity contribution in [3.63, 3.8) is 0 Å². The fourth-order valence-electron chi connectivity index (χ4n) is 4.44. The highest BCUT2D eigenvalue weighted by Gasteiger charge is 2.14. The molecule has 0 amide bonds. The van der Waals surface area contributed by atoms with Crippen LogP contribution >= 0.6 is 0 Å². The van der Waals surface area contributed by atoms with Gasteiger partial charge in [0.25, 0.3) is 0 Å². The summed E-state index contributed by atoms with van der Waals surface area (Å²) in [6.07, 6.45) is 0. The fraction of sp³-hybridized carbons (Fsp3) is 0. The van der Waals surface area contributed by atoms with Crippen LogP contribution in [0, 0.1) is 0 Å². The van der Waals surface area contributed by atoms with Gasteiger partial charge < -0.3 is 4.57 Å². The molecule has 0 atom stereocenters. The van der Waals surface area contributed by atoms with E-state index in [2.05, 4.69) is 132 Å². The maximum absolute atomic E-state index is 2.37. The Labute approximate surface area is 181 Å². The standard InChI is InChI=1S/C30H21N/c1-2-12-28(13-3-1)31-29(26-16-14-22-8-4-6-10-24(22)20-26)18-19-30(31)27-17-15-23-9-5-7-11-25(23)21-27/h1-21H. The molecular formula is C30H21N. The molecule has 6 rings (SSSR count). The molecular weight excluding hydrogens is 374 g/mol. The predicted octanol–water partition coefficient (Wildman–Crippen LogP) is 8.12. The molecule has 5 aromatic carbocycles. The van der Waals surface area contributed by atoms with Crippen LogP contribution in [0.5, 0.6) is 0 Å². The molecule has 31 heavy (non-hydrogen) atoms. The minimum absolute atomic E-state index is 1.17. The normalized spacial score (nSPS) is 11.2. The van der Waals surface area contributed by atoms with Crippen LogP contribution in [0.25, 0.3) is 49.7 Å². The Balaban J connectivity index is 1.59. The summed E-state index contributed by atoms with van der Waals surface area (Å²) in [6.45, 7) is 0. The zero-order valence-corrected chi connectivity index (χ0v) is 17.1. The Bertz CT molecular complexity index is 1430. The Morgan fingerprint density at radius 2 is 0.806 bits per heavy atom. The van der Waals surface area contributed by atoms with Crippen LogP contribution in [0.4, 0.5) is 0 Å². The van der Waals surface area contributed by atoms with Crippen molar-refractivity contribution in [3.8, 4) is 28.2 Å². The molecule has 1 aromatic heterocycles. The Morgan fingerprint density at radius 3 is 1.32 bits per heavy atom. The van der Waals surface area contributed by atoms with Crippen molar-refractivity contribution in [2.24, 2.45) is 0 Å². The van der Waals surface area contributed by atoms with Crippen molar-refractivity contribution in [1.29, 1.82) is 0 Å². The third-order valence-corrected chi connectivity index (χ3v) is 5.99. The van der Waals surface area contributed by atoms with Crippen LogP contribution in [0.15, 0.2) is 127 Å². The van der Waals surface area contributed by atoms with Crippen molar-refractivity contribution >= 4 is 21.5 Å². The molecule has 0 N–H and O–H groups in total. The van der Waals surface area contributed by atoms with Gasteiger partial charge in [-0.05, 0) is 69.1 Å². The van der Waals surface area contributed by atoms with Crippen molar-refractivity contribution < 1.29 is 0 Å². The van der Waals surface area contributed by atoms with E-state index in [1.165, 1.54) is 49.7 Å². The van der Waals surface area contributed by atoms with E-state index in [1.54, 1.807) is 0 Å². The Morgan fingerprint density at radius 1 is 0.355 bits per heavy atom. The zero-order chi connectivity index (χ0) is 20.6. The first-order valence-electron chi connectivity index (χ1n) is 10.6. The maximum Gasteiger partial charge on any atom is 0.0535 e. The second-order valence-electron chi connectivity index (χ2n) is 7.90. The summed E-state index contributed by atoms with van der Waals surface area (Å²) in [5.41, 5.74) is 5.99. The number of hydrogen-bond acceptors (Lipinski definition) is 0. The van der Waals surface area contributed by atoms with Crippen LogP contribution in [0.1, 0.15) is 0 Å². The van der Waals surface area contributed by atoms with Gasteiger partial charge in [-0.15, -0.1) is 0 Å². The SMILES string of the molecule is c1ccc(-n2c(-c3ccc4ccccc4c3)ccc2-c2ccc3ccccc3c2)cc1. The topological polar surface area (TPSA) is 4.93 Å². The summed E-state index contributed by atoms with van der Waals surface area (Å²) in [6, 6.07) is 45.6. The summed E-state index contributed by atoms with van der Waals surface area (Å²) in [5.74, 6) is 0. The molecule has 0 aliphatic rings. The summed E-state index contributed by atoms with van der Waals surface area (Å²) >= 11 is 0. The molecule has 0 bridgehead atoms. The molecule has 1 heterocycles. The third kappa shape index (κ3) is 3.12. The van der Waals surface area contributed by atoms with Crippen LogP contribution < -0.4 is 0 Å². The fourth-order valence-corrected chi connectivity index (χ4v) is 4.44. The van der Waals surface area contributed by atoms with Gasteiger partial charge >= 0.3 is 0 Å². The molecule has 146 valence electrons. The summed E-state index contributed by atoms with van der Waals surface area (Å²) < 4.78 is 2.37. The van der Waals surface area contributed by atoms with Gasteiger partial charge in [0.1, 0.15) is 0 Å². The molecule has 6 aromatic rings. The molecule has 0 fully saturated rings. The van der Waals surface area contributed by atoms with Gasteiger partial charge in [0.05, 0.1) is 11.4 Å². The summed E-state index contributed by atoms with van der Waals surface area (Å²) in [5, 5.41) is 5.04. The number of aromatic nitrogens is 1. The Kier molecular flexibility index (Phi) is 4.18. The monoisotopic (exact) mass is 395 g/mol. The van der Waals surface area contributed by atoms with Crippen LogP contribution in [0.2, 0.25) is 0 Å². The van der Waals surface area contributed by atoms with Gasteiger partial charge in [0.2, 0.25) is 0 Å². The van der Waals surface area contributed by atoms with Crippen LogP contribution in [-0.4, -0.2) is 4.57 Å². The lowest BCUT2D eigenvalue weighted by Crippen LogP contribution is -1.99. The molecule has 0 spiro atoms. The van der Waals surface area contributed by atoms with Crippen molar-refractivity contribution in [1.82, 2.24) is 4.57 Å². The highest BCUT2D eigenvalue weighted by molar-refractivity contribution is 5.89. The first-order valence-corrected chi connectivity index (χ1v) is 10.6. The number of hydrogen-bond donors (Lipinski definition) is 0. The van der Waals surface area contributed by atoms with Gasteiger partial charge in [-0.3, -0.25) is 0 Å². The summed E-state index contributed by atoms with van der Waals surface area (Å²) in [4.78, 5) is 0. The van der Waals surface area contributed by atoms with Gasteiger partial charge in [-0.25, -0.2) is 0 Å². The number of para-hydroxylation sites is 1.